The molecule has 1 aromatic heterocycles. The highest BCUT2D eigenvalue weighted by Gasteiger charge is 2.11. The highest BCUT2D eigenvalue weighted by atomic mass is 79.9. The topological polar surface area (TPSA) is 84.9 Å². The fourth-order valence-electron chi connectivity index (χ4n) is 1.26. The van der Waals surface area contributed by atoms with E-state index < -0.39 is 5.82 Å². The summed E-state index contributed by atoms with van der Waals surface area (Å²) >= 11 is 3.22. The summed E-state index contributed by atoms with van der Waals surface area (Å²) in [4.78, 5) is 0. The molecule has 3 N–H and O–H groups in total. The van der Waals surface area contributed by atoms with Crippen LogP contribution in [0.15, 0.2) is 34.9 Å². The molecule has 0 amide bonds. The van der Waals surface area contributed by atoms with Gasteiger partial charge in [0.15, 0.2) is 0 Å². The summed E-state index contributed by atoms with van der Waals surface area (Å²) in [7, 11) is 0. The molecule has 0 saturated carbocycles. The van der Waals surface area contributed by atoms with Gasteiger partial charge in [0.1, 0.15) is 17.4 Å². The van der Waals surface area contributed by atoms with Crippen LogP contribution in [0, 0.1) is 11.2 Å². The zero-order valence-electron chi connectivity index (χ0n) is 9.02. The van der Waals surface area contributed by atoms with E-state index >= 15 is 0 Å². The van der Waals surface area contributed by atoms with Crippen LogP contribution in [0.2, 0.25) is 0 Å². The summed E-state index contributed by atoms with van der Waals surface area (Å²) in [6, 6.07) is 5.49. The van der Waals surface area contributed by atoms with Gasteiger partial charge in [-0.2, -0.15) is 5.10 Å². The molecular weight excluding hydrogens is 303 g/mol. The number of benzene rings is 1. The van der Waals surface area contributed by atoms with Crippen LogP contribution in [-0.2, 0) is 0 Å². The normalized spacial score (nSPS) is 10.1. The third kappa shape index (κ3) is 2.62. The molecule has 0 aliphatic rings. The van der Waals surface area contributed by atoms with Crippen LogP contribution in [-0.4, -0.2) is 16.0 Å². The predicted octanol–water partition coefficient (Wildman–Crippen LogP) is 2.45. The van der Waals surface area contributed by atoms with E-state index in [4.69, 9.17) is 15.9 Å². The molecular formula is C11H8BrFN4O. The summed E-state index contributed by atoms with van der Waals surface area (Å²) in [5, 5.41) is 14.8. The molecule has 1 heterocycles. The van der Waals surface area contributed by atoms with Crippen LogP contribution in [0.1, 0.15) is 5.56 Å². The SMILES string of the molecule is N=C(N)c1ccnnc1Oc1cc(F)ccc1Br. The third-order valence-electron chi connectivity index (χ3n) is 2.08. The predicted molar refractivity (Wildman–Crippen MR) is 67.2 cm³/mol. The van der Waals surface area contributed by atoms with Crippen molar-refractivity contribution in [2.75, 3.05) is 0 Å². The van der Waals surface area contributed by atoms with Crippen LogP contribution in [0.5, 0.6) is 11.6 Å². The fraction of sp³-hybridized carbons (Fsp3) is 0. The van der Waals surface area contributed by atoms with Crippen molar-refractivity contribution in [3.8, 4) is 11.6 Å². The number of nitrogens with one attached hydrogen (secondary N) is 1. The second-order valence-electron chi connectivity index (χ2n) is 3.34. The lowest BCUT2D eigenvalue weighted by Gasteiger charge is -2.09. The van der Waals surface area contributed by atoms with Crippen LogP contribution < -0.4 is 10.5 Å². The second kappa shape index (κ2) is 5.09. The van der Waals surface area contributed by atoms with Crippen LogP contribution in [0.4, 0.5) is 4.39 Å². The van der Waals surface area contributed by atoms with Crippen molar-refractivity contribution in [1.29, 1.82) is 5.41 Å². The minimum Gasteiger partial charge on any atom is -0.436 e. The van der Waals surface area contributed by atoms with Gasteiger partial charge in [0.2, 0.25) is 5.88 Å². The Bertz CT molecular complexity index is 605. The van der Waals surface area contributed by atoms with E-state index in [1.807, 2.05) is 0 Å². The lowest BCUT2D eigenvalue weighted by molar-refractivity contribution is 0.447. The summed E-state index contributed by atoms with van der Waals surface area (Å²) in [5.74, 6) is -0.358. The Morgan fingerprint density at radius 2 is 2.17 bits per heavy atom. The van der Waals surface area contributed by atoms with Gasteiger partial charge in [-0.05, 0) is 34.1 Å². The molecule has 0 bridgehead atoms. The largest absolute Gasteiger partial charge is 0.436 e. The van der Waals surface area contributed by atoms with Crippen LogP contribution >= 0.6 is 15.9 Å². The molecule has 0 radical (unpaired) electrons. The third-order valence-corrected chi connectivity index (χ3v) is 2.73. The molecule has 0 atom stereocenters. The average molecular weight is 311 g/mol. The van der Waals surface area contributed by atoms with Gasteiger partial charge in [-0.15, -0.1) is 5.10 Å². The molecule has 0 fully saturated rings. The van der Waals surface area contributed by atoms with E-state index in [1.165, 1.54) is 30.5 Å². The van der Waals surface area contributed by atoms with Gasteiger partial charge in [0.25, 0.3) is 0 Å². The molecule has 92 valence electrons. The Balaban J connectivity index is 2.40. The first-order valence-electron chi connectivity index (χ1n) is 4.87. The van der Waals surface area contributed by atoms with Gasteiger partial charge in [-0.3, -0.25) is 5.41 Å². The van der Waals surface area contributed by atoms with Crippen molar-refractivity contribution >= 4 is 21.8 Å². The monoisotopic (exact) mass is 310 g/mol. The number of hydrogen-bond acceptors (Lipinski definition) is 4. The lowest BCUT2D eigenvalue weighted by atomic mass is 10.3. The molecule has 7 heteroatoms. The summed E-state index contributed by atoms with van der Waals surface area (Å²) in [6.45, 7) is 0. The zero-order valence-corrected chi connectivity index (χ0v) is 10.6. The molecule has 0 saturated heterocycles. The van der Waals surface area contributed by atoms with Crippen molar-refractivity contribution in [2.24, 2.45) is 5.73 Å². The molecule has 2 aromatic rings. The molecule has 2 rings (SSSR count). The van der Waals surface area contributed by atoms with Crippen LogP contribution in [0.25, 0.3) is 0 Å². The van der Waals surface area contributed by atoms with E-state index in [2.05, 4.69) is 26.1 Å². The molecule has 18 heavy (non-hydrogen) atoms. The average Bonchev–Trinajstić information content (AvgIpc) is 2.34. The van der Waals surface area contributed by atoms with Crippen molar-refractivity contribution in [2.45, 2.75) is 0 Å². The number of amidine groups is 1. The Hall–Kier alpha value is -2.02. The molecule has 1 aromatic carbocycles. The van der Waals surface area contributed by atoms with Gasteiger partial charge in [0.05, 0.1) is 16.2 Å². The number of hydrogen-bond donors (Lipinski definition) is 2. The van der Waals surface area contributed by atoms with Gasteiger partial charge in [-0.25, -0.2) is 4.39 Å². The van der Waals surface area contributed by atoms with Gasteiger partial charge < -0.3 is 10.5 Å². The minimum atomic E-state index is -0.443. The molecule has 0 spiro atoms. The Morgan fingerprint density at radius 3 is 2.89 bits per heavy atom. The van der Waals surface area contributed by atoms with Gasteiger partial charge in [0, 0.05) is 6.07 Å². The maximum absolute atomic E-state index is 13.1. The van der Waals surface area contributed by atoms with Gasteiger partial charge >= 0.3 is 0 Å². The number of halogens is 2. The van der Waals surface area contributed by atoms with Crippen molar-refractivity contribution in [3.63, 3.8) is 0 Å². The number of aromatic nitrogens is 2. The quantitative estimate of drug-likeness (QED) is 0.673. The first-order chi connectivity index (χ1) is 8.58. The maximum Gasteiger partial charge on any atom is 0.249 e. The highest BCUT2D eigenvalue weighted by molar-refractivity contribution is 9.10. The van der Waals surface area contributed by atoms with Crippen molar-refractivity contribution < 1.29 is 9.13 Å². The number of nitrogens with zero attached hydrogens (tertiary/aromatic N) is 2. The summed E-state index contributed by atoms with van der Waals surface area (Å²) in [6.07, 6.45) is 1.39. The molecule has 5 nitrogen and oxygen atoms in total. The van der Waals surface area contributed by atoms with E-state index in [9.17, 15) is 4.39 Å². The number of nitrogen functional groups attached to an aromatic ring is 1. The first kappa shape index (κ1) is 12.4. The number of nitrogens with two attached hydrogens (primary N) is 1. The molecule has 0 unspecified atom stereocenters. The number of ether oxygens (including phenoxy) is 1. The second-order valence-corrected chi connectivity index (χ2v) is 4.19. The lowest BCUT2D eigenvalue weighted by Crippen LogP contribution is -2.13. The minimum absolute atomic E-state index is 0.0521. The molecule has 0 aliphatic heterocycles. The van der Waals surface area contributed by atoms with E-state index in [0.717, 1.165) is 0 Å². The Morgan fingerprint density at radius 1 is 1.39 bits per heavy atom. The van der Waals surface area contributed by atoms with E-state index in [1.54, 1.807) is 0 Å². The van der Waals surface area contributed by atoms with Crippen molar-refractivity contribution in [3.05, 3.63) is 46.3 Å². The van der Waals surface area contributed by atoms with E-state index in [0.29, 0.717) is 10.0 Å². The van der Waals surface area contributed by atoms with Gasteiger partial charge in [-0.1, -0.05) is 0 Å². The number of rotatable bonds is 3. The standard InChI is InChI=1S/C11H8BrFN4O/c12-8-2-1-6(13)5-9(8)18-11-7(10(14)15)3-4-16-17-11/h1-5H,(H3,14,15). The Labute approximate surface area is 110 Å². The summed E-state index contributed by atoms with van der Waals surface area (Å²) < 4.78 is 19.1. The highest BCUT2D eigenvalue weighted by Crippen LogP contribution is 2.30. The molecule has 0 aliphatic carbocycles. The van der Waals surface area contributed by atoms with E-state index in [-0.39, 0.29) is 17.5 Å². The summed E-state index contributed by atoms with van der Waals surface area (Å²) in [5.41, 5.74) is 5.68. The zero-order chi connectivity index (χ0) is 13.1. The maximum atomic E-state index is 13.1. The smallest absolute Gasteiger partial charge is 0.249 e. The first-order valence-corrected chi connectivity index (χ1v) is 5.66. The Kier molecular flexibility index (Phi) is 3.52. The van der Waals surface area contributed by atoms with Crippen LogP contribution in [0.3, 0.4) is 0 Å². The van der Waals surface area contributed by atoms with Crippen molar-refractivity contribution in [1.82, 2.24) is 10.2 Å². The fourth-order valence-corrected chi connectivity index (χ4v) is 1.59.